The van der Waals surface area contributed by atoms with E-state index >= 15 is 0 Å². The van der Waals surface area contributed by atoms with Crippen LogP contribution in [-0.2, 0) is 0 Å². The van der Waals surface area contributed by atoms with Gasteiger partial charge in [-0.15, -0.1) is 0 Å². The highest BCUT2D eigenvalue weighted by atomic mass is 35.5. The standard InChI is InChI=1S/C17H18ClN3O2/c1-10-14(9-19-11(2)20-10)17(23)21-8-7-15(22)16(21)12-3-5-13(18)6-4-12/h3-6,9,15-16,22H,7-8H2,1-2H3/t15-,16-/m1/s1. The van der Waals surface area contributed by atoms with Gasteiger partial charge in [-0.1, -0.05) is 23.7 Å². The van der Waals surface area contributed by atoms with Gasteiger partial charge in [0.15, 0.2) is 0 Å². The number of aliphatic hydroxyl groups is 1. The molecule has 0 aliphatic carbocycles. The number of aromatic nitrogens is 2. The second-order valence-electron chi connectivity index (χ2n) is 5.77. The Labute approximate surface area is 139 Å². The van der Waals surface area contributed by atoms with Crippen molar-refractivity contribution in [1.29, 1.82) is 0 Å². The first-order chi connectivity index (χ1) is 11.0. The van der Waals surface area contributed by atoms with Gasteiger partial charge in [-0.3, -0.25) is 4.79 Å². The number of rotatable bonds is 2. The van der Waals surface area contributed by atoms with E-state index in [1.165, 1.54) is 0 Å². The maximum absolute atomic E-state index is 12.9. The van der Waals surface area contributed by atoms with E-state index in [1.807, 2.05) is 12.1 Å². The number of nitrogens with zero attached hydrogens (tertiary/aromatic N) is 3. The van der Waals surface area contributed by atoms with Crippen molar-refractivity contribution in [2.24, 2.45) is 0 Å². The molecule has 0 bridgehead atoms. The number of hydrogen-bond donors (Lipinski definition) is 1. The lowest BCUT2D eigenvalue weighted by Gasteiger charge is -2.27. The second-order valence-corrected chi connectivity index (χ2v) is 6.20. The second kappa shape index (κ2) is 6.26. The Balaban J connectivity index is 1.94. The van der Waals surface area contributed by atoms with Crippen molar-refractivity contribution >= 4 is 17.5 Å². The molecule has 1 aliphatic rings. The molecule has 1 saturated heterocycles. The number of amides is 1. The van der Waals surface area contributed by atoms with Crippen LogP contribution in [0, 0.1) is 13.8 Å². The quantitative estimate of drug-likeness (QED) is 0.918. The molecule has 1 amide bonds. The molecular weight excluding hydrogens is 314 g/mol. The molecule has 6 heteroatoms. The molecule has 120 valence electrons. The highest BCUT2D eigenvalue weighted by Gasteiger charge is 2.38. The van der Waals surface area contributed by atoms with Gasteiger partial charge in [-0.05, 0) is 38.0 Å². The van der Waals surface area contributed by atoms with E-state index in [-0.39, 0.29) is 11.9 Å². The van der Waals surface area contributed by atoms with Crippen molar-refractivity contribution in [2.75, 3.05) is 6.54 Å². The minimum absolute atomic E-state index is 0.154. The van der Waals surface area contributed by atoms with E-state index in [0.29, 0.717) is 35.1 Å². The minimum atomic E-state index is -0.591. The summed E-state index contributed by atoms with van der Waals surface area (Å²) in [6.07, 6.45) is 1.51. The molecule has 0 unspecified atom stereocenters. The van der Waals surface area contributed by atoms with E-state index in [2.05, 4.69) is 9.97 Å². The maximum Gasteiger partial charge on any atom is 0.257 e. The zero-order chi connectivity index (χ0) is 16.6. The average molecular weight is 332 g/mol. The molecule has 2 aromatic rings. The third kappa shape index (κ3) is 3.07. The summed E-state index contributed by atoms with van der Waals surface area (Å²) in [7, 11) is 0. The third-order valence-corrected chi connectivity index (χ3v) is 4.42. The summed E-state index contributed by atoms with van der Waals surface area (Å²) >= 11 is 5.93. The van der Waals surface area contributed by atoms with Crippen molar-refractivity contribution in [3.63, 3.8) is 0 Å². The highest BCUT2D eigenvalue weighted by Crippen LogP contribution is 2.34. The zero-order valence-corrected chi connectivity index (χ0v) is 13.8. The van der Waals surface area contributed by atoms with Gasteiger partial charge in [0.2, 0.25) is 0 Å². The van der Waals surface area contributed by atoms with E-state index in [4.69, 9.17) is 11.6 Å². The summed E-state index contributed by atoms with van der Waals surface area (Å²) in [4.78, 5) is 23.0. The monoisotopic (exact) mass is 331 g/mol. The van der Waals surface area contributed by atoms with Crippen molar-refractivity contribution in [3.8, 4) is 0 Å². The van der Waals surface area contributed by atoms with Gasteiger partial charge < -0.3 is 10.0 Å². The fourth-order valence-electron chi connectivity index (χ4n) is 3.01. The molecule has 1 aromatic carbocycles. The van der Waals surface area contributed by atoms with E-state index in [9.17, 15) is 9.90 Å². The summed E-state index contributed by atoms with van der Waals surface area (Å²) < 4.78 is 0. The molecule has 5 nitrogen and oxygen atoms in total. The average Bonchev–Trinajstić information content (AvgIpc) is 2.89. The molecular formula is C17H18ClN3O2. The predicted octanol–water partition coefficient (Wildman–Crippen LogP) is 2.69. The molecule has 0 radical (unpaired) electrons. The van der Waals surface area contributed by atoms with Crippen LogP contribution in [0.4, 0.5) is 0 Å². The predicted molar refractivity (Wildman–Crippen MR) is 87.4 cm³/mol. The fourth-order valence-corrected chi connectivity index (χ4v) is 3.14. The molecule has 1 aromatic heterocycles. The summed E-state index contributed by atoms with van der Waals surface area (Å²) in [6.45, 7) is 4.09. The molecule has 0 spiro atoms. The molecule has 23 heavy (non-hydrogen) atoms. The number of aliphatic hydroxyl groups excluding tert-OH is 1. The SMILES string of the molecule is Cc1ncc(C(=O)N2CC[C@@H](O)[C@H]2c2ccc(Cl)cc2)c(C)n1. The van der Waals surface area contributed by atoms with Gasteiger partial charge in [-0.2, -0.15) is 0 Å². The lowest BCUT2D eigenvalue weighted by Crippen LogP contribution is -2.34. The van der Waals surface area contributed by atoms with Crippen LogP contribution in [0.15, 0.2) is 30.5 Å². The fraction of sp³-hybridized carbons (Fsp3) is 0.353. The smallest absolute Gasteiger partial charge is 0.257 e. The van der Waals surface area contributed by atoms with Crippen LogP contribution in [0.2, 0.25) is 5.02 Å². The number of halogens is 1. The number of hydrogen-bond acceptors (Lipinski definition) is 4. The van der Waals surface area contributed by atoms with Gasteiger partial charge >= 0.3 is 0 Å². The topological polar surface area (TPSA) is 66.3 Å². The van der Waals surface area contributed by atoms with Crippen LogP contribution in [-0.4, -0.2) is 38.5 Å². The van der Waals surface area contributed by atoms with Crippen molar-refractivity contribution in [3.05, 3.63) is 58.1 Å². The van der Waals surface area contributed by atoms with Crippen molar-refractivity contribution in [2.45, 2.75) is 32.4 Å². The number of aryl methyl sites for hydroxylation is 2. The van der Waals surface area contributed by atoms with Gasteiger partial charge in [0, 0.05) is 17.8 Å². The van der Waals surface area contributed by atoms with Gasteiger partial charge in [0.1, 0.15) is 5.82 Å². The minimum Gasteiger partial charge on any atom is -0.391 e. The molecule has 0 saturated carbocycles. The van der Waals surface area contributed by atoms with Crippen LogP contribution >= 0.6 is 11.6 Å². The first kappa shape index (κ1) is 15.9. The van der Waals surface area contributed by atoms with Crippen LogP contribution in [0.25, 0.3) is 0 Å². The Morgan fingerprint density at radius 2 is 2.00 bits per heavy atom. The van der Waals surface area contributed by atoms with Gasteiger partial charge in [0.25, 0.3) is 5.91 Å². The van der Waals surface area contributed by atoms with E-state index < -0.39 is 6.10 Å². The molecule has 1 aliphatic heterocycles. The Hall–Kier alpha value is -1.98. The van der Waals surface area contributed by atoms with Crippen LogP contribution in [0.3, 0.4) is 0 Å². The van der Waals surface area contributed by atoms with E-state index in [0.717, 1.165) is 5.56 Å². The Morgan fingerprint density at radius 1 is 1.30 bits per heavy atom. The number of carbonyl (C=O) groups excluding carboxylic acids is 1. The molecule has 1 N–H and O–H groups in total. The summed E-state index contributed by atoms with van der Waals surface area (Å²) in [6, 6.07) is 6.86. The Bertz CT molecular complexity index is 733. The van der Waals surface area contributed by atoms with Crippen LogP contribution in [0.1, 0.15) is 39.9 Å². The first-order valence-electron chi connectivity index (χ1n) is 7.52. The molecule has 3 rings (SSSR count). The lowest BCUT2D eigenvalue weighted by molar-refractivity contribution is 0.0636. The largest absolute Gasteiger partial charge is 0.391 e. The first-order valence-corrected chi connectivity index (χ1v) is 7.90. The number of benzene rings is 1. The normalized spacial score (nSPS) is 20.8. The van der Waals surface area contributed by atoms with Crippen LogP contribution in [0.5, 0.6) is 0 Å². The van der Waals surface area contributed by atoms with Gasteiger partial charge in [0.05, 0.1) is 23.4 Å². The van der Waals surface area contributed by atoms with Gasteiger partial charge in [-0.25, -0.2) is 9.97 Å². The molecule has 2 atom stereocenters. The lowest BCUT2D eigenvalue weighted by atomic mass is 10.0. The number of likely N-dealkylation sites (tertiary alicyclic amines) is 1. The van der Waals surface area contributed by atoms with Crippen LogP contribution < -0.4 is 0 Å². The van der Waals surface area contributed by atoms with E-state index in [1.54, 1.807) is 37.1 Å². The highest BCUT2D eigenvalue weighted by molar-refractivity contribution is 6.30. The maximum atomic E-state index is 12.9. The Kier molecular flexibility index (Phi) is 4.33. The molecule has 2 heterocycles. The Morgan fingerprint density at radius 3 is 2.65 bits per heavy atom. The van der Waals surface area contributed by atoms with Crippen molar-refractivity contribution < 1.29 is 9.90 Å². The molecule has 1 fully saturated rings. The zero-order valence-electron chi connectivity index (χ0n) is 13.0. The summed E-state index contributed by atoms with van der Waals surface area (Å²) in [5.41, 5.74) is 2.00. The summed E-state index contributed by atoms with van der Waals surface area (Å²) in [5, 5.41) is 11.0. The summed E-state index contributed by atoms with van der Waals surface area (Å²) in [5.74, 6) is 0.480. The number of carbonyl (C=O) groups is 1. The van der Waals surface area contributed by atoms with Crippen molar-refractivity contribution in [1.82, 2.24) is 14.9 Å². The third-order valence-electron chi connectivity index (χ3n) is 4.17.